The molecule has 0 radical (unpaired) electrons. The molecule has 1 amide bonds. The summed E-state index contributed by atoms with van der Waals surface area (Å²) >= 11 is 0. The van der Waals surface area contributed by atoms with Gasteiger partial charge in [-0.3, -0.25) is 4.79 Å². The minimum Gasteiger partial charge on any atom is -0.508 e. The zero-order chi connectivity index (χ0) is 22.7. The van der Waals surface area contributed by atoms with E-state index in [1.54, 1.807) is 24.3 Å². The number of nitrogens with one attached hydrogen (secondary N) is 1. The second-order valence-electron chi connectivity index (χ2n) is 7.83. The predicted octanol–water partition coefficient (Wildman–Crippen LogP) is 2.57. The zero-order valence-electron chi connectivity index (χ0n) is 17.3. The van der Waals surface area contributed by atoms with Crippen LogP contribution in [0.4, 0.5) is 0 Å². The molecule has 0 fully saturated rings. The third-order valence-electron chi connectivity index (χ3n) is 5.57. The van der Waals surface area contributed by atoms with Crippen LogP contribution in [-0.2, 0) is 28.9 Å². The van der Waals surface area contributed by atoms with Gasteiger partial charge in [-0.2, -0.15) is 0 Å². The van der Waals surface area contributed by atoms with Crippen LogP contribution in [0.25, 0.3) is 11.0 Å². The molecule has 3 aromatic rings. The van der Waals surface area contributed by atoms with Gasteiger partial charge in [0.15, 0.2) is 6.61 Å². The highest BCUT2D eigenvalue weighted by Gasteiger charge is 2.21. The Morgan fingerprint density at radius 3 is 2.50 bits per heavy atom. The van der Waals surface area contributed by atoms with Crippen molar-refractivity contribution in [2.24, 2.45) is 0 Å². The van der Waals surface area contributed by atoms with Crippen molar-refractivity contribution in [3.63, 3.8) is 0 Å². The molecule has 1 aliphatic carbocycles. The van der Waals surface area contributed by atoms with Crippen LogP contribution in [0, 0.1) is 0 Å². The number of carboxylic acids is 1. The first-order chi connectivity index (χ1) is 15.4. The van der Waals surface area contributed by atoms with Gasteiger partial charge in [0.25, 0.3) is 5.91 Å². The number of benzene rings is 2. The molecular formula is C24H23NO7. The molecule has 0 saturated heterocycles. The van der Waals surface area contributed by atoms with Crippen LogP contribution >= 0.6 is 0 Å². The highest BCUT2D eigenvalue weighted by atomic mass is 16.5. The van der Waals surface area contributed by atoms with E-state index in [0.717, 1.165) is 42.2 Å². The molecule has 1 atom stereocenters. The summed E-state index contributed by atoms with van der Waals surface area (Å²) in [5.41, 5.74) is 2.49. The summed E-state index contributed by atoms with van der Waals surface area (Å²) < 4.78 is 11.0. The summed E-state index contributed by atoms with van der Waals surface area (Å²) in [6, 6.07) is 10.0. The molecule has 0 bridgehead atoms. The lowest BCUT2D eigenvalue weighted by atomic mass is 9.91. The Morgan fingerprint density at radius 2 is 1.78 bits per heavy atom. The lowest BCUT2D eigenvalue weighted by molar-refractivity contribution is -0.142. The molecule has 32 heavy (non-hydrogen) atoms. The monoisotopic (exact) mass is 437 g/mol. The highest BCUT2D eigenvalue weighted by Crippen LogP contribution is 2.29. The largest absolute Gasteiger partial charge is 0.508 e. The van der Waals surface area contributed by atoms with Crippen LogP contribution < -0.4 is 15.7 Å². The van der Waals surface area contributed by atoms with Crippen molar-refractivity contribution in [2.75, 3.05) is 6.61 Å². The number of carboxylic acid groups (broad SMARTS) is 1. The van der Waals surface area contributed by atoms with Crippen molar-refractivity contribution in [3.05, 3.63) is 69.6 Å². The number of rotatable bonds is 7. The Labute approximate surface area is 183 Å². The second kappa shape index (κ2) is 9.13. The molecule has 2 aromatic carbocycles. The Morgan fingerprint density at radius 1 is 1.06 bits per heavy atom. The van der Waals surface area contributed by atoms with E-state index in [4.69, 9.17) is 9.15 Å². The van der Waals surface area contributed by atoms with Crippen LogP contribution in [-0.4, -0.2) is 34.7 Å². The van der Waals surface area contributed by atoms with Gasteiger partial charge in [-0.25, -0.2) is 9.59 Å². The van der Waals surface area contributed by atoms with Gasteiger partial charge in [-0.05, 0) is 61.1 Å². The molecule has 4 rings (SSSR count). The average Bonchev–Trinajstić information content (AvgIpc) is 2.78. The number of ether oxygens (including phenoxy) is 1. The van der Waals surface area contributed by atoms with E-state index < -0.39 is 17.9 Å². The number of aryl methyl sites for hydroxylation is 1. The number of amides is 1. The maximum Gasteiger partial charge on any atom is 0.339 e. The number of hydrogen-bond donors (Lipinski definition) is 3. The number of aliphatic carboxylic acids is 1. The van der Waals surface area contributed by atoms with E-state index >= 15 is 0 Å². The van der Waals surface area contributed by atoms with Crippen molar-refractivity contribution in [1.29, 1.82) is 0 Å². The molecule has 0 saturated carbocycles. The Hall–Kier alpha value is -3.81. The number of fused-ring (bicyclic) bond motifs is 3. The highest BCUT2D eigenvalue weighted by molar-refractivity contribution is 5.85. The van der Waals surface area contributed by atoms with Gasteiger partial charge in [0.2, 0.25) is 0 Å². The molecule has 8 heteroatoms. The number of carbonyl (C=O) groups is 2. The Balaban J connectivity index is 1.42. The molecule has 0 spiro atoms. The fraction of sp³-hybridized carbons (Fsp3) is 0.292. The maximum atomic E-state index is 12.3. The Kier molecular flexibility index (Phi) is 6.11. The lowest BCUT2D eigenvalue weighted by Gasteiger charge is -2.17. The third kappa shape index (κ3) is 4.74. The normalized spacial score (nSPS) is 13.9. The first kappa shape index (κ1) is 21.4. The summed E-state index contributed by atoms with van der Waals surface area (Å²) in [6.07, 6.45) is 3.62. The summed E-state index contributed by atoms with van der Waals surface area (Å²) in [6.45, 7) is -0.389. The fourth-order valence-corrected chi connectivity index (χ4v) is 3.97. The van der Waals surface area contributed by atoms with Crippen LogP contribution in [0.5, 0.6) is 11.5 Å². The minimum absolute atomic E-state index is 0.0631. The number of hydrogen-bond acceptors (Lipinski definition) is 6. The van der Waals surface area contributed by atoms with Gasteiger partial charge in [-0.1, -0.05) is 12.1 Å². The molecule has 1 aromatic heterocycles. The Bertz CT molecular complexity index is 1210. The van der Waals surface area contributed by atoms with Crippen molar-refractivity contribution >= 4 is 22.8 Å². The van der Waals surface area contributed by atoms with E-state index in [1.807, 2.05) is 6.07 Å². The number of aromatic hydroxyl groups is 1. The molecule has 1 heterocycles. The van der Waals surface area contributed by atoms with Crippen LogP contribution in [0.1, 0.15) is 29.5 Å². The van der Waals surface area contributed by atoms with Gasteiger partial charge in [-0.15, -0.1) is 0 Å². The van der Waals surface area contributed by atoms with E-state index in [9.17, 15) is 24.6 Å². The van der Waals surface area contributed by atoms with Crippen molar-refractivity contribution < 1.29 is 29.0 Å². The van der Waals surface area contributed by atoms with Gasteiger partial charge >= 0.3 is 11.6 Å². The average molecular weight is 437 g/mol. The summed E-state index contributed by atoms with van der Waals surface area (Å²) in [4.78, 5) is 36.1. The summed E-state index contributed by atoms with van der Waals surface area (Å²) in [7, 11) is 0. The fourth-order valence-electron chi connectivity index (χ4n) is 3.97. The topological polar surface area (TPSA) is 126 Å². The van der Waals surface area contributed by atoms with E-state index in [1.165, 1.54) is 12.1 Å². The standard InChI is InChI=1S/C24H23NO7/c26-15-7-5-14(6-8-15)11-20(23(28)29)25-22(27)13-31-16-9-10-18-17-3-1-2-4-19(17)24(30)32-21(18)12-16/h5-10,12,20,26H,1-4,11,13H2,(H,25,27)(H,28,29)/t20-/m1/s1. The van der Waals surface area contributed by atoms with E-state index in [0.29, 0.717) is 16.9 Å². The lowest BCUT2D eigenvalue weighted by Crippen LogP contribution is -2.44. The molecule has 3 N–H and O–H groups in total. The van der Waals surface area contributed by atoms with Crippen molar-refractivity contribution in [3.8, 4) is 11.5 Å². The minimum atomic E-state index is -1.18. The predicted molar refractivity (Wildman–Crippen MR) is 116 cm³/mol. The first-order valence-electron chi connectivity index (χ1n) is 10.4. The van der Waals surface area contributed by atoms with Crippen LogP contribution in [0.2, 0.25) is 0 Å². The summed E-state index contributed by atoms with van der Waals surface area (Å²) in [5, 5.41) is 22.1. The van der Waals surface area contributed by atoms with Gasteiger partial charge in [0.05, 0.1) is 0 Å². The molecule has 8 nitrogen and oxygen atoms in total. The van der Waals surface area contributed by atoms with Gasteiger partial charge in [0, 0.05) is 23.4 Å². The smallest absolute Gasteiger partial charge is 0.339 e. The number of phenols is 1. The van der Waals surface area contributed by atoms with Gasteiger partial charge in [0.1, 0.15) is 23.1 Å². The van der Waals surface area contributed by atoms with Crippen molar-refractivity contribution in [1.82, 2.24) is 5.32 Å². The molecule has 1 aliphatic rings. The second-order valence-corrected chi connectivity index (χ2v) is 7.83. The number of phenolic OH excluding ortho intramolecular Hbond substituents is 1. The molecule has 166 valence electrons. The van der Waals surface area contributed by atoms with Crippen LogP contribution in [0.3, 0.4) is 0 Å². The van der Waals surface area contributed by atoms with Gasteiger partial charge < -0.3 is 24.7 Å². The van der Waals surface area contributed by atoms with Crippen molar-refractivity contribution in [2.45, 2.75) is 38.1 Å². The quantitative estimate of drug-likeness (QED) is 0.485. The number of carbonyl (C=O) groups excluding carboxylic acids is 1. The maximum absolute atomic E-state index is 12.3. The molecule has 0 aliphatic heterocycles. The first-order valence-corrected chi connectivity index (χ1v) is 10.4. The molecule has 0 unspecified atom stereocenters. The zero-order valence-corrected chi connectivity index (χ0v) is 17.3. The molecular weight excluding hydrogens is 414 g/mol. The van der Waals surface area contributed by atoms with Crippen LogP contribution in [0.15, 0.2) is 51.7 Å². The third-order valence-corrected chi connectivity index (χ3v) is 5.57. The SMILES string of the molecule is O=C(COc1ccc2c3c(c(=O)oc2c1)CCCC3)N[C@H](Cc1ccc(O)cc1)C(=O)O. The van der Waals surface area contributed by atoms with E-state index in [2.05, 4.69) is 5.32 Å². The summed E-state index contributed by atoms with van der Waals surface area (Å²) in [5.74, 6) is -1.35. The van der Waals surface area contributed by atoms with E-state index in [-0.39, 0.29) is 24.4 Å².